The van der Waals surface area contributed by atoms with E-state index in [1.54, 1.807) is 12.3 Å². The Balaban J connectivity index is 1.74. The third-order valence-electron chi connectivity index (χ3n) is 4.44. The number of aromatic nitrogens is 2. The second kappa shape index (κ2) is 7.07. The van der Waals surface area contributed by atoms with Crippen molar-refractivity contribution in [3.8, 4) is 5.75 Å². The molecular formula is C20H22N2O3. The van der Waals surface area contributed by atoms with Crippen molar-refractivity contribution in [1.29, 1.82) is 0 Å². The summed E-state index contributed by atoms with van der Waals surface area (Å²) in [7, 11) is 0. The first-order valence-corrected chi connectivity index (χ1v) is 8.30. The van der Waals surface area contributed by atoms with E-state index < -0.39 is 6.10 Å². The van der Waals surface area contributed by atoms with Gasteiger partial charge in [-0.05, 0) is 43.5 Å². The van der Waals surface area contributed by atoms with Crippen molar-refractivity contribution in [2.24, 2.45) is 0 Å². The SMILES string of the molecule is Cc1ccc(C)c(OCC(O)Cn2ncc3ccccc3c2=O)c1C. The number of aryl methyl sites for hydroxylation is 2. The zero-order valence-electron chi connectivity index (χ0n) is 14.7. The highest BCUT2D eigenvalue weighted by Crippen LogP contribution is 2.25. The molecule has 1 N–H and O–H groups in total. The number of hydrogen-bond donors (Lipinski definition) is 1. The molecule has 1 aromatic heterocycles. The summed E-state index contributed by atoms with van der Waals surface area (Å²) in [5, 5.41) is 15.8. The Morgan fingerprint density at radius 1 is 1.12 bits per heavy atom. The van der Waals surface area contributed by atoms with Gasteiger partial charge < -0.3 is 9.84 Å². The highest BCUT2D eigenvalue weighted by Gasteiger charge is 2.13. The molecule has 0 saturated carbocycles. The highest BCUT2D eigenvalue weighted by atomic mass is 16.5. The van der Waals surface area contributed by atoms with Crippen LogP contribution in [0, 0.1) is 20.8 Å². The molecule has 130 valence electrons. The van der Waals surface area contributed by atoms with Crippen LogP contribution in [0.5, 0.6) is 5.75 Å². The topological polar surface area (TPSA) is 64.3 Å². The molecule has 5 nitrogen and oxygen atoms in total. The van der Waals surface area contributed by atoms with Crippen molar-refractivity contribution in [2.75, 3.05) is 6.61 Å². The smallest absolute Gasteiger partial charge is 0.274 e. The number of benzene rings is 2. The number of ether oxygens (including phenoxy) is 1. The van der Waals surface area contributed by atoms with Crippen molar-refractivity contribution < 1.29 is 9.84 Å². The van der Waals surface area contributed by atoms with Crippen molar-refractivity contribution in [2.45, 2.75) is 33.4 Å². The number of aliphatic hydroxyl groups is 1. The fourth-order valence-electron chi connectivity index (χ4n) is 2.84. The Hall–Kier alpha value is -2.66. The van der Waals surface area contributed by atoms with Crippen LogP contribution in [0.3, 0.4) is 0 Å². The molecule has 0 saturated heterocycles. The molecule has 25 heavy (non-hydrogen) atoms. The molecule has 0 aliphatic rings. The van der Waals surface area contributed by atoms with Crippen LogP contribution in [0.4, 0.5) is 0 Å². The first kappa shape index (κ1) is 17.2. The molecule has 2 aromatic carbocycles. The molecule has 3 rings (SSSR count). The normalized spacial score (nSPS) is 12.3. The first-order chi connectivity index (χ1) is 12.0. The molecule has 3 aromatic rings. The average Bonchev–Trinajstić information content (AvgIpc) is 2.61. The maximum atomic E-state index is 12.4. The van der Waals surface area contributed by atoms with E-state index in [-0.39, 0.29) is 18.7 Å². The van der Waals surface area contributed by atoms with E-state index in [9.17, 15) is 9.90 Å². The largest absolute Gasteiger partial charge is 0.490 e. The molecular weight excluding hydrogens is 316 g/mol. The zero-order valence-corrected chi connectivity index (χ0v) is 14.7. The van der Waals surface area contributed by atoms with Crippen LogP contribution in [0.25, 0.3) is 10.8 Å². The Bertz CT molecular complexity index is 963. The number of fused-ring (bicyclic) bond motifs is 1. The molecule has 1 atom stereocenters. The first-order valence-electron chi connectivity index (χ1n) is 8.30. The summed E-state index contributed by atoms with van der Waals surface area (Å²) >= 11 is 0. The van der Waals surface area contributed by atoms with Gasteiger partial charge in [-0.1, -0.05) is 30.3 Å². The Kier molecular flexibility index (Phi) is 4.86. The van der Waals surface area contributed by atoms with Crippen LogP contribution in [-0.2, 0) is 6.54 Å². The lowest BCUT2D eigenvalue weighted by Crippen LogP contribution is -2.32. The van der Waals surface area contributed by atoms with Gasteiger partial charge in [0.05, 0.1) is 18.1 Å². The van der Waals surface area contributed by atoms with Gasteiger partial charge in [0, 0.05) is 5.39 Å². The van der Waals surface area contributed by atoms with Crippen molar-refractivity contribution in [3.05, 3.63) is 69.6 Å². The fourth-order valence-corrected chi connectivity index (χ4v) is 2.84. The van der Waals surface area contributed by atoms with Crippen LogP contribution in [0.15, 0.2) is 47.4 Å². The van der Waals surface area contributed by atoms with Gasteiger partial charge in [0.1, 0.15) is 18.5 Å². The minimum atomic E-state index is -0.828. The minimum absolute atomic E-state index is 0.0909. The molecule has 0 bridgehead atoms. The van der Waals surface area contributed by atoms with Gasteiger partial charge in [-0.3, -0.25) is 4.79 Å². The minimum Gasteiger partial charge on any atom is -0.490 e. The quantitative estimate of drug-likeness (QED) is 0.777. The monoisotopic (exact) mass is 338 g/mol. The molecule has 5 heteroatoms. The number of aliphatic hydroxyl groups excluding tert-OH is 1. The Labute approximate surface area is 146 Å². The van der Waals surface area contributed by atoms with Gasteiger partial charge in [0.2, 0.25) is 0 Å². The second-order valence-electron chi connectivity index (χ2n) is 6.34. The lowest BCUT2D eigenvalue weighted by molar-refractivity contribution is 0.0875. The van der Waals surface area contributed by atoms with Crippen molar-refractivity contribution >= 4 is 10.8 Å². The lowest BCUT2D eigenvalue weighted by Gasteiger charge is -2.17. The van der Waals surface area contributed by atoms with E-state index >= 15 is 0 Å². The van der Waals surface area contributed by atoms with E-state index in [1.807, 2.05) is 51.1 Å². The summed E-state index contributed by atoms with van der Waals surface area (Å²) in [4.78, 5) is 12.4. The Morgan fingerprint density at radius 3 is 2.64 bits per heavy atom. The van der Waals surface area contributed by atoms with E-state index in [0.29, 0.717) is 5.39 Å². The molecule has 0 amide bonds. The maximum absolute atomic E-state index is 12.4. The summed E-state index contributed by atoms with van der Waals surface area (Å²) in [6, 6.07) is 11.3. The van der Waals surface area contributed by atoms with Gasteiger partial charge in [0.25, 0.3) is 5.56 Å². The predicted octanol–water partition coefficient (Wildman–Crippen LogP) is 2.76. The Morgan fingerprint density at radius 2 is 1.84 bits per heavy atom. The zero-order chi connectivity index (χ0) is 18.0. The fraction of sp³-hybridized carbons (Fsp3) is 0.300. The molecule has 0 aliphatic carbocycles. The van der Waals surface area contributed by atoms with Crippen molar-refractivity contribution in [1.82, 2.24) is 9.78 Å². The summed E-state index contributed by atoms with van der Waals surface area (Å²) < 4.78 is 7.10. The molecule has 0 fully saturated rings. The van der Waals surface area contributed by atoms with Gasteiger partial charge in [-0.25, -0.2) is 4.68 Å². The van der Waals surface area contributed by atoms with Gasteiger partial charge in [0.15, 0.2) is 0 Å². The van der Waals surface area contributed by atoms with E-state index in [2.05, 4.69) is 5.10 Å². The third-order valence-corrected chi connectivity index (χ3v) is 4.44. The molecule has 0 aliphatic heterocycles. The van der Waals surface area contributed by atoms with E-state index in [0.717, 1.165) is 27.8 Å². The average molecular weight is 338 g/mol. The molecule has 0 radical (unpaired) electrons. The number of nitrogens with zero attached hydrogens (tertiary/aromatic N) is 2. The molecule has 0 spiro atoms. The molecule has 1 unspecified atom stereocenters. The standard InChI is InChI=1S/C20H22N2O3/c1-13-8-9-14(2)19(15(13)3)25-12-17(23)11-22-20(24)18-7-5-4-6-16(18)10-21-22/h4-10,17,23H,11-12H2,1-3H3. The lowest BCUT2D eigenvalue weighted by atomic mass is 10.1. The van der Waals surface area contributed by atoms with Crippen molar-refractivity contribution in [3.63, 3.8) is 0 Å². The predicted molar refractivity (Wildman–Crippen MR) is 98.2 cm³/mol. The third kappa shape index (κ3) is 3.56. The number of rotatable bonds is 5. The van der Waals surface area contributed by atoms with Crippen LogP contribution < -0.4 is 10.3 Å². The van der Waals surface area contributed by atoms with E-state index in [4.69, 9.17) is 4.74 Å². The van der Waals surface area contributed by atoms with Gasteiger partial charge in [-0.2, -0.15) is 5.10 Å². The summed E-state index contributed by atoms with van der Waals surface area (Å²) in [5.41, 5.74) is 3.02. The van der Waals surface area contributed by atoms with Crippen LogP contribution in [-0.4, -0.2) is 27.6 Å². The van der Waals surface area contributed by atoms with E-state index in [1.165, 1.54) is 4.68 Å². The number of hydrogen-bond acceptors (Lipinski definition) is 4. The van der Waals surface area contributed by atoms with Crippen LogP contribution in [0.2, 0.25) is 0 Å². The summed E-state index contributed by atoms with van der Waals surface area (Å²) in [6.45, 7) is 6.19. The van der Waals surface area contributed by atoms with Gasteiger partial charge >= 0.3 is 0 Å². The highest BCUT2D eigenvalue weighted by molar-refractivity contribution is 5.80. The molecule has 1 heterocycles. The summed E-state index contributed by atoms with van der Waals surface area (Å²) in [6.07, 6.45) is 0.810. The summed E-state index contributed by atoms with van der Waals surface area (Å²) in [5.74, 6) is 0.790. The van der Waals surface area contributed by atoms with Crippen LogP contribution in [0.1, 0.15) is 16.7 Å². The van der Waals surface area contributed by atoms with Crippen LogP contribution >= 0.6 is 0 Å². The maximum Gasteiger partial charge on any atom is 0.274 e. The second-order valence-corrected chi connectivity index (χ2v) is 6.34. The van der Waals surface area contributed by atoms with Gasteiger partial charge in [-0.15, -0.1) is 0 Å².